The third kappa shape index (κ3) is 3.12. The fraction of sp³-hybridized carbons (Fsp3) is 0.417. The Labute approximate surface area is 109 Å². The Morgan fingerprint density at radius 1 is 1.41 bits per heavy atom. The van der Waals surface area contributed by atoms with Crippen LogP contribution >= 0.6 is 15.9 Å². The van der Waals surface area contributed by atoms with E-state index in [9.17, 15) is 4.79 Å². The average molecular weight is 303 g/mol. The molecule has 0 aliphatic heterocycles. The number of ether oxygens (including phenoxy) is 2. The summed E-state index contributed by atoms with van der Waals surface area (Å²) in [5.74, 6) is 0.470. The molecule has 0 heterocycles. The van der Waals surface area contributed by atoms with Crippen LogP contribution in [0.2, 0.25) is 0 Å². The summed E-state index contributed by atoms with van der Waals surface area (Å²) < 4.78 is 11.3. The first-order valence-corrected chi connectivity index (χ1v) is 5.92. The molecule has 0 bridgehead atoms. The Bertz CT molecular complexity index is 429. The second-order valence-corrected chi connectivity index (χ2v) is 4.45. The Balaban J connectivity index is 3.17. The van der Waals surface area contributed by atoms with E-state index in [1.807, 2.05) is 6.92 Å². The molecule has 0 fully saturated rings. The van der Waals surface area contributed by atoms with E-state index in [0.29, 0.717) is 17.9 Å². The largest absolute Gasteiger partial charge is 0.493 e. The van der Waals surface area contributed by atoms with Gasteiger partial charge in [0.2, 0.25) is 0 Å². The number of methoxy groups -OCH3 is 2. The van der Waals surface area contributed by atoms with Crippen LogP contribution in [0.3, 0.4) is 0 Å². The quantitative estimate of drug-likeness (QED) is 0.909. The van der Waals surface area contributed by atoms with Crippen LogP contribution in [0.25, 0.3) is 0 Å². The molecule has 0 saturated carbocycles. The summed E-state index contributed by atoms with van der Waals surface area (Å²) in [7, 11) is 3.14. The number of carboxylic acid groups (broad SMARTS) is 1. The zero-order valence-electron chi connectivity index (χ0n) is 10.0. The number of carbonyl (C=O) groups is 1. The number of hydrogen-bond acceptors (Lipinski definition) is 3. The summed E-state index contributed by atoms with van der Waals surface area (Å²) >= 11 is 3.42. The van der Waals surface area contributed by atoms with Gasteiger partial charge in [0.1, 0.15) is 0 Å². The van der Waals surface area contributed by atoms with Gasteiger partial charge in [0.05, 0.1) is 14.2 Å². The highest BCUT2D eigenvalue weighted by Gasteiger charge is 2.15. The number of rotatable bonds is 5. The van der Waals surface area contributed by atoms with Gasteiger partial charge >= 0.3 is 5.97 Å². The van der Waals surface area contributed by atoms with E-state index in [-0.39, 0.29) is 6.42 Å². The maximum absolute atomic E-state index is 10.6. The van der Waals surface area contributed by atoms with Gasteiger partial charge in [-0.15, -0.1) is 0 Å². The van der Waals surface area contributed by atoms with Crippen LogP contribution in [0.15, 0.2) is 10.5 Å². The summed E-state index contributed by atoms with van der Waals surface area (Å²) in [6.07, 6.45) is 0.553. The zero-order valence-corrected chi connectivity index (χ0v) is 11.6. The second-order valence-electron chi connectivity index (χ2n) is 3.59. The highest BCUT2D eigenvalue weighted by atomic mass is 79.9. The third-order valence-corrected chi connectivity index (χ3v) is 3.28. The zero-order chi connectivity index (χ0) is 13.0. The Morgan fingerprint density at radius 3 is 2.53 bits per heavy atom. The van der Waals surface area contributed by atoms with Crippen LogP contribution in [-0.2, 0) is 11.2 Å². The first kappa shape index (κ1) is 13.8. The standard InChI is InChI=1S/C12H15BrO4/c1-7-8(4-5-11(14)15)9(13)6-10(16-2)12(7)17-3/h6H,4-5H2,1-3H3,(H,14,15). The van der Waals surface area contributed by atoms with Crippen LogP contribution in [0, 0.1) is 6.92 Å². The second kappa shape index (κ2) is 5.91. The number of carboxylic acids is 1. The van der Waals surface area contributed by atoms with Crippen LogP contribution in [0.1, 0.15) is 17.5 Å². The van der Waals surface area contributed by atoms with Gasteiger partial charge in [-0.2, -0.15) is 0 Å². The molecule has 0 aliphatic rings. The molecule has 4 nitrogen and oxygen atoms in total. The first-order chi connectivity index (χ1) is 8.01. The molecule has 0 radical (unpaired) electrons. The molecule has 17 heavy (non-hydrogen) atoms. The van der Waals surface area contributed by atoms with Crippen molar-refractivity contribution in [2.75, 3.05) is 14.2 Å². The molecule has 0 amide bonds. The SMILES string of the molecule is COc1cc(Br)c(CCC(=O)O)c(C)c1OC. The predicted molar refractivity (Wildman–Crippen MR) is 67.9 cm³/mol. The van der Waals surface area contributed by atoms with Gasteiger partial charge in [0.15, 0.2) is 11.5 Å². The Morgan fingerprint density at radius 2 is 2.06 bits per heavy atom. The summed E-state index contributed by atoms with van der Waals surface area (Å²) in [5.41, 5.74) is 1.84. The predicted octanol–water partition coefficient (Wildman–Crippen LogP) is 2.79. The van der Waals surface area contributed by atoms with E-state index in [0.717, 1.165) is 15.6 Å². The molecule has 94 valence electrons. The molecule has 1 rings (SSSR count). The lowest BCUT2D eigenvalue weighted by molar-refractivity contribution is -0.136. The van der Waals surface area contributed by atoms with E-state index in [1.54, 1.807) is 20.3 Å². The van der Waals surface area contributed by atoms with Crippen molar-refractivity contribution < 1.29 is 19.4 Å². The lowest BCUT2D eigenvalue weighted by Crippen LogP contribution is -2.02. The molecule has 1 N–H and O–H groups in total. The van der Waals surface area contributed by atoms with Gasteiger partial charge in [-0.05, 0) is 30.5 Å². The fourth-order valence-corrected chi connectivity index (χ4v) is 2.42. The molecule has 1 aromatic carbocycles. The van der Waals surface area contributed by atoms with Crippen molar-refractivity contribution in [1.82, 2.24) is 0 Å². The summed E-state index contributed by atoms with van der Waals surface area (Å²) in [6.45, 7) is 1.89. The van der Waals surface area contributed by atoms with Gasteiger partial charge < -0.3 is 14.6 Å². The number of aliphatic carboxylic acids is 1. The van der Waals surface area contributed by atoms with Gasteiger partial charge in [-0.3, -0.25) is 4.79 Å². The maximum Gasteiger partial charge on any atom is 0.303 e. The molecule has 5 heteroatoms. The maximum atomic E-state index is 10.6. The molecule has 0 saturated heterocycles. The van der Waals surface area contributed by atoms with Crippen molar-refractivity contribution in [3.8, 4) is 11.5 Å². The van der Waals surface area contributed by atoms with Gasteiger partial charge in [0, 0.05) is 10.9 Å². The summed E-state index contributed by atoms with van der Waals surface area (Å²) in [6, 6.07) is 1.79. The van der Waals surface area contributed by atoms with E-state index < -0.39 is 5.97 Å². The minimum Gasteiger partial charge on any atom is -0.493 e. The van der Waals surface area contributed by atoms with E-state index in [4.69, 9.17) is 14.6 Å². The van der Waals surface area contributed by atoms with Gasteiger partial charge in [-0.25, -0.2) is 0 Å². The lowest BCUT2D eigenvalue weighted by Gasteiger charge is -2.15. The first-order valence-electron chi connectivity index (χ1n) is 5.13. The molecule has 1 aromatic rings. The molecule has 0 atom stereocenters. The minimum absolute atomic E-state index is 0.0922. The minimum atomic E-state index is -0.814. The molecule has 0 spiro atoms. The van der Waals surface area contributed by atoms with E-state index >= 15 is 0 Å². The smallest absolute Gasteiger partial charge is 0.303 e. The third-order valence-electron chi connectivity index (χ3n) is 2.58. The van der Waals surface area contributed by atoms with E-state index in [1.165, 1.54) is 0 Å². The van der Waals surface area contributed by atoms with Crippen molar-refractivity contribution in [2.24, 2.45) is 0 Å². The topological polar surface area (TPSA) is 55.8 Å². The van der Waals surface area contributed by atoms with Gasteiger partial charge in [-0.1, -0.05) is 15.9 Å². The molecular formula is C12H15BrO4. The van der Waals surface area contributed by atoms with Crippen LogP contribution in [-0.4, -0.2) is 25.3 Å². The highest BCUT2D eigenvalue weighted by Crippen LogP contribution is 2.38. The van der Waals surface area contributed by atoms with Crippen LogP contribution in [0.5, 0.6) is 11.5 Å². The molecule has 0 aromatic heterocycles. The van der Waals surface area contributed by atoms with Crippen molar-refractivity contribution in [2.45, 2.75) is 19.8 Å². The van der Waals surface area contributed by atoms with Crippen LogP contribution in [0.4, 0.5) is 0 Å². The Kier molecular flexibility index (Phi) is 4.81. The highest BCUT2D eigenvalue weighted by molar-refractivity contribution is 9.10. The van der Waals surface area contributed by atoms with Crippen molar-refractivity contribution >= 4 is 21.9 Å². The van der Waals surface area contributed by atoms with E-state index in [2.05, 4.69) is 15.9 Å². The van der Waals surface area contributed by atoms with Crippen LogP contribution < -0.4 is 9.47 Å². The lowest BCUT2D eigenvalue weighted by atomic mass is 10.0. The molecule has 0 unspecified atom stereocenters. The number of halogens is 1. The summed E-state index contributed by atoms with van der Waals surface area (Å²) in [5, 5.41) is 8.71. The fourth-order valence-electron chi connectivity index (χ4n) is 1.71. The number of hydrogen-bond donors (Lipinski definition) is 1. The van der Waals surface area contributed by atoms with Crippen molar-refractivity contribution in [1.29, 1.82) is 0 Å². The molecular weight excluding hydrogens is 288 g/mol. The Hall–Kier alpha value is -1.23. The average Bonchev–Trinajstić information content (AvgIpc) is 2.27. The monoisotopic (exact) mass is 302 g/mol. The van der Waals surface area contributed by atoms with Gasteiger partial charge in [0.25, 0.3) is 0 Å². The molecule has 0 aliphatic carbocycles. The normalized spacial score (nSPS) is 10.1. The van der Waals surface area contributed by atoms with Crippen molar-refractivity contribution in [3.63, 3.8) is 0 Å². The summed E-state index contributed by atoms with van der Waals surface area (Å²) in [4.78, 5) is 10.6. The van der Waals surface area contributed by atoms with Crippen molar-refractivity contribution in [3.05, 3.63) is 21.7 Å². The number of benzene rings is 1.